The van der Waals surface area contributed by atoms with Crippen LogP contribution >= 0.6 is 58.2 Å². The van der Waals surface area contributed by atoms with Gasteiger partial charge in [0.2, 0.25) is 0 Å². The Morgan fingerprint density at radius 1 is 0.824 bits per heavy atom. The minimum absolute atomic E-state index is 0. The second kappa shape index (κ2) is 8.77. The van der Waals surface area contributed by atoms with E-state index in [1.807, 2.05) is 36.6 Å². The van der Waals surface area contributed by atoms with Crippen LogP contribution in [0.5, 0.6) is 0 Å². The molecule has 0 unspecified atom stereocenters. The van der Waals surface area contributed by atoms with Crippen molar-refractivity contribution in [2.45, 2.75) is 4.90 Å². The minimum Gasteiger partial charge on any atom is -0.748 e. The van der Waals surface area contributed by atoms with Crippen LogP contribution in [-0.2, 0) is 17.1 Å². The molecule has 0 saturated heterocycles. The van der Waals surface area contributed by atoms with E-state index in [2.05, 4.69) is 0 Å². The molecule has 2 aromatic carbocycles. The van der Waals surface area contributed by atoms with E-state index in [1.54, 1.807) is 0 Å². The van der Waals surface area contributed by atoms with Gasteiger partial charge in [0.05, 0.1) is 0 Å². The number of hydrogen-bond acceptors (Lipinski definition) is 1. The number of hydrogen-bond donors (Lipinski definition) is 0. The topological polar surface area (TPSA) is 0 Å². The van der Waals surface area contributed by atoms with Gasteiger partial charge >= 0.3 is 0 Å². The van der Waals surface area contributed by atoms with Crippen LogP contribution in [0.1, 0.15) is 0 Å². The molecule has 0 aliphatic heterocycles. The third-order valence-electron chi connectivity index (χ3n) is 1.74. The summed E-state index contributed by atoms with van der Waals surface area (Å²) in [4.78, 5) is 0.739. The van der Waals surface area contributed by atoms with Crippen molar-refractivity contribution in [1.29, 1.82) is 0 Å². The molecule has 2 rings (SSSR count). The fraction of sp³-hybridized carbons (Fsp3) is 0.0909. The van der Waals surface area contributed by atoms with Crippen LogP contribution in [0.15, 0.2) is 35.2 Å². The van der Waals surface area contributed by atoms with Gasteiger partial charge in [-0.1, -0.05) is 14.9 Å². The smallest absolute Gasteiger partial charge is 0 e. The van der Waals surface area contributed by atoms with E-state index in [9.17, 15) is 0 Å². The summed E-state index contributed by atoms with van der Waals surface area (Å²) in [6, 6.07) is 10.0. The molecule has 0 aromatic heterocycles. The molecule has 6 heteroatoms. The van der Waals surface area contributed by atoms with E-state index in [0.717, 1.165) is 4.90 Å². The fourth-order valence-corrected chi connectivity index (χ4v) is 3.03. The van der Waals surface area contributed by atoms with Gasteiger partial charge in [-0.15, -0.1) is 23.2 Å². The zero-order chi connectivity index (χ0) is 12.1. The normalized spacial score (nSPS) is 9.24. The summed E-state index contributed by atoms with van der Waals surface area (Å²) in [5, 5.41) is 1.55. The molecule has 0 aliphatic rings. The molecule has 0 bridgehead atoms. The predicted molar refractivity (Wildman–Crippen MR) is 75.9 cm³/mol. The van der Waals surface area contributed by atoms with Crippen molar-refractivity contribution in [3.05, 3.63) is 50.4 Å². The van der Waals surface area contributed by atoms with E-state index in [-0.39, 0.29) is 17.1 Å². The Bertz CT molecular complexity index is 394. The zero-order valence-corrected chi connectivity index (χ0v) is 13.6. The van der Waals surface area contributed by atoms with E-state index in [1.165, 1.54) is 11.8 Å². The fourth-order valence-electron chi connectivity index (χ4n) is 0.988. The maximum Gasteiger partial charge on any atom is 0 e. The minimum atomic E-state index is 0. The maximum absolute atomic E-state index is 5.80. The number of rotatable bonds is 1. The first-order valence-corrected chi connectivity index (χ1v) is 7.02. The Kier molecular flexibility index (Phi) is 9.14. The first kappa shape index (κ1) is 17.7. The third kappa shape index (κ3) is 4.72. The van der Waals surface area contributed by atoms with Crippen molar-refractivity contribution >= 4 is 58.2 Å². The summed E-state index contributed by atoms with van der Waals surface area (Å²) < 4.78 is 0. The van der Waals surface area contributed by atoms with Crippen molar-refractivity contribution < 1.29 is 17.1 Å². The van der Waals surface area contributed by atoms with Gasteiger partial charge in [-0.25, -0.2) is 0 Å². The van der Waals surface area contributed by atoms with Gasteiger partial charge in [-0.3, -0.25) is 0 Å². The van der Waals surface area contributed by atoms with Crippen LogP contribution in [0.4, 0.5) is 0 Å². The molecule has 0 amide bonds. The van der Waals surface area contributed by atoms with Gasteiger partial charge in [0.25, 0.3) is 0 Å². The Balaban J connectivity index is 0.000000360. The quantitative estimate of drug-likeness (QED) is 0.330. The molecule has 0 spiro atoms. The van der Waals surface area contributed by atoms with Crippen molar-refractivity contribution in [1.82, 2.24) is 0 Å². The molecular weight excluding hydrogens is 362 g/mol. The predicted octanol–water partition coefficient (Wildman–Crippen LogP) is 6.14. The Labute approximate surface area is 136 Å². The van der Waals surface area contributed by atoms with Crippen LogP contribution in [0.2, 0.25) is 20.1 Å². The van der Waals surface area contributed by atoms with E-state index >= 15 is 0 Å². The molecule has 0 nitrogen and oxygen atoms in total. The van der Waals surface area contributed by atoms with Crippen LogP contribution in [-0.4, -0.2) is 6.26 Å². The Hall–Kier alpha value is 0.729. The number of halogens is 4. The van der Waals surface area contributed by atoms with Gasteiger partial charge in [0, 0.05) is 17.1 Å². The van der Waals surface area contributed by atoms with Crippen LogP contribution < -0.4 is 0 Å². The SMILES string of the molecule is CS[c-]1c(Cl)c(Cl)c(Cl)c1Cl.[Fe].[cH-]1[cH-][cH-][cH-][cH-]1. The van der Waals surface area contributed by atoms with Crippen molar-refractivity contribution in [2.24, 2.45) is 0 Å². The van der Waals surface area contributed by atoms with Gasteiger partial charge in [0.15, 0.2) is 0 Å². The summed E-state index contributed by atoms with van der Waals surface area (Å²) in [6.45, 7) is 0. The molecule has 0 aliphatic carbocycles. The van der Waals surface area contributed by atoms with Gasteiger partial charge in [0.1, 0.15) is 0 Å². The molecule has 0 atom stereocenters. The average Bonchev–Trinajstić information content (AvgIpc) is 2.90. The van der Waals surface area contributed by atoms with Crippen LogP contribution in [0.25, 0.3) is 0 Å². The van der Waals surface area contributed by atoms with Crippen molar-refractivity contribution in [3.63, 3.8) is 0 Å². The zero-order valence-electron chi connectivity index (χ0n) is 8.66. The third-order valence-corrected chi connectivity index (χ3v) is 4.58. The van der Waals surface area contributed by atoms with E-state index in [0.29, 0.717) is 20.1 Å². The van der Waals surface area contributed by atoms with Crippen LogP contribution in [0.3, 0.4) is 0 Å². The van der Waals surface area contributed by atoms with Gasteiger partial charge in [-0.05, 0) is 16.3 Å². The molecular formula is C11H8Cl4FeS-6. The summed E-state index contributed by atoms with van der Waals surface area (Å²) in [5.41, 5.74) is 0. The summed E-state index contributed by atoms with van der Waals surface area (Å²) in [7, 11) is 0. The summed E-state index contributed by atoms with van der Waals surface area (Å²) >= 11 is 24.5. The number of thioether (sulfide) groups is 1. The molecule has 17 heavy (non-hydrogen) atoms. The maximum atomic E-state index is 5.80. The molecule has 0 heterocycles. The van der Waals surface area contributed by atoms with Crippen LogP contribution in [0, 0.1) is 0 Å². The summed E-state index contributed by atoms with van der Waals surface area (Å²) in [6.07, 6.45) is 1.86. The van der Waals surface area contributed by atoms with E-state index in [4.69, 9.17) is 46.4 Å². The molecule has 0 N–H and O–H groups in total. The second-order valence-electron chi connectivity index (χ2n) is 2.75. The molecule has 0 radical (unpaired) electrons. The molecule has 0 saturated carbocycles. The molecule has 2 aromatic rings. The largest absolute Gasteiger partial charge is 0.748 e. The van der Waals surface area contributed by atoms with Crippen molar-refractivity contribution in [3.8, 4) is 0 Å². The van der Waals surface area contributed by atoms with Gasteiger partial charge in [-0.2, -0.15) is 35.0 Å². The monoisotopic (exact) mass is 368 g/mol. The summed E-state index contributed by atoms with van der Waals surface area (Å²) in [5.74, 6) is 0. The molecule has 100 valence electrons. The standard InChI is InChI=1S/C6H3Cl4S.C5H5.Fe/c1-11-6-4(9)2(7)3(8)5(6)10;1-2-4-5-3-1;/h1H3;1-5H;/q-1;-5;. The average molecular weight is 370 g/mol. The molecule has 0 fully saturated rings. The Morgan fingerprint density at radius 2 is 1.12 bits per heavy atom. The first-order chi connectivity index (χ1) is 7.59. The Morgan fingerprint density at radius 3 is 1.29 bits per heavy atom. The van der Waals surface area contributed by atoms with E-state index < -0.39 is 0 Å². The van der Waals surface area contributed by atoms with Gasteiger partial charge < -0.3 is 30.3 Å². The first-order valence-electron chi connectivity index (χ1n) is 4.28. The van der Waals surface area contributed by atoms with Crippen molar-refractivity contribution in [2.75, 3.05) is 6.26 Å². The second-order valence-corrected chi connectivity index (χ2v) is 5.08.